The molecule has 13 nitrogen and oxygen atoms in total. The van der Waals surface area contributed by atoms with E-state index in [0.717, 1.165) is 92.3 Å². The van der Waals surface area contributed by atoms with Crippen molar-refractivity contribution in [1.29, 1.82) is 0 Å². The second kappa shape index (κ2) is 23.5. The predicted octanol–water partition coefficient (Wildman–Crippen LogP) is 13.0. The van der Waals surface area contributed by atoms with E-state index < -0.39 is 29.4 Å². The van der Waals surface area contributed by atoms with E-state index in [1.54, 1.807) is 35.1 Å². The molecule has 4 aliphatic rings. The largest absolute Gasteiger partial charge is 0.478 e. The minimum absolute atomic E-state index is 0.0136. The van der Waals surface area contributed by atoms with Gasteiger partial charge in [0.15, 0.2) is 0 Å². The fraction of sp³-hybridized carbons (Fsp3) is 0.344. The van der Waals surface area contributed by atoms with Crippen molar-refractivity contribution in [3.8, 4) is 0 Å². The number of hydrogen-bond acceptors (Lipinski definition) is 9. The number of aromatic nitrogens is 4. The van der Waals surface area contributed by atoms with Crippen LogP contribution in [0.5, 0.6) is 0 Å². The van der Waals surface area contributed by atoms with Crippen LogP contribution >= 0.6 is 0 Å². The van der Waals surface area contributed by atoms with Gasteiger partial charge in [-0.1, -0.05) is 97.1 Å². The van der Waals surface area contributed by atoms with Crippen LogP contribution in [0.1, 0.15) is 143 Å². The van der Waals surface area contributed by atoms with Crippen LogP contribution in [0.15, 0.2) is 158 Å². The van der Waals surface area contributed by atoms with Crippen molar-refractivity contribution in [3.05, 3.63) is 214 Å². The molecule has 4 aromatic heterocycles. The number of esters is 2. The molecule has 4 fully saturated rings. The van der Waals surface area contributed by atoms with Gasteiger partial charge in [0, 0.05) is 24.5 Å². The lowest BCUT2D eigenvalue weighted by molar-refractivity contribution is -0.168. The highest BCUT2D eigenvalue weighted by Gasteiger charge is 2.56. The second-order valence-electron chi connectivity index (χ2n) is 22.8. The van der Waals surface area contributed by atoms with E-state index >= 15 is 0 Å². The van der Waals surface area contributed by atoms with Crippen molar-refractivity contribution in [2.75, 3.05) is 0 Å². The van der Waals surface area contributed by atoms with Crippen LogP contribution in [0.25, 0.3) is 11.0 Å². The number of carbonyl (C=O) groups excluding carboxylic acids is 3. The lowest BCUT2D eigenvalue weighted by atomic mass is 9.50. The lowest BCUT2D eigenvalue weighted by Gasteiger charge is -2.57. The number of carboxylic acids is 1. The fourth-order valence-electron chi connectivity index (χ4n) is 12.4. The van der Waals surface area contributed by atoms with Gasteiger partial charge in [-0.05, 0) is 159 Å². The van der Waals surface area contributed by atoms with Gasteiger partial charge in [-0.2, -0.15) is 36.5 Å². The molecule has 12 rings (SSSR count). The molecule has 0 bridgehead atoms. The van der Waals surface area contributed by atoms with Crippen LogP contribution in [-0.4, -0.2) is 60.2 Å². The Hall–Kier alpha value is -8.32. The van der Waals surface area contributed by atoms with Gasteiger partial charge < -0.3 is 25.6 Å². The highest BCUT2D eigenvalue weighted by Crippen LogP contribution is 2.60. The first-order valence-corrected chi connectivity index (χ1v) is 27.6. The zero-order chi connectivity index (χ0) is 58.8. The van der Waals surface area contributed by atoms with E-state index in [2.05, 4.69) is 15.5 Å². The van der Waals surface area contributed by atoms with Gasteiger partial charge in [0.2, 0.25) is 0 Å². The van der Waals surface area contributed by atoms with Crippen LogP contribution in [0.2, 0.25) is 0 Å². The normalized spacial score (nSPS) is 22.2. The Kier molecular flexibility index (Phi) is 16.4. The SMILES string of the molecule is C[C@H](OC(=O)C1CC2(CC(N)C2)C1)c1ccccc1.C[C@H](OC(=O)C1CC2(CC(NC(=O)c3cnn4cccc(Cc5ccc(C(F)(F)F)cc5)c34)C2)C1)c1ccccc1.O=C(O)c1cnn2cccc(Cc3ccc(C(F)(F)F)cc3)c12. The Bertz CT molecular complexity index is 3600. The van der Waals surface area contributed by atoms with Crippen molar-refractivity contribution < 1.29 is 60.1 Å². The van der Waals surface area contributed by atoms with E-state index in [9.17, 15) is 50.6 Å². The van der Waals surface area contributed by atoms with Crippen LogP contribution in [-0.2, 0) is 44.3 Å². The molecule has 4 aromatic carbocycles. The summed E-state index contributed by atoms with van der Waals surface area (Å²) < 4.78 is 90.9. The summed E-state index contributed by atoms with van der Waals surface area (Å²) in [5.41, 5.74) is 11.3. The Morgan fingerprint density at radius 3 is 1.37 bits per heavy atom. The Morgan fingerprint density at radius 1 is 0.578 bits per heavy atom. The van der Waals surface area contributed by atoms with Crippen LogP contribution < -0.4 is 11.1 Å². The molecule has 0 unspecified atom stereocenters. The molecule has 432 valence electrons. The van der Waals surface area contributed by atoms with Gasteiger partial charge in [0.05, 0.1) is 52.0 Å². The predicted molar refractivity (Wildman–Crippen MR) is 296 cm³/mol. The zero-order valence-electron chi connectivity index (χ0n) is 45.6. The first kappa shape index (κ1) is 57.9. The molecular formula is C64H62F6N6O7. The highest BCUT2D eigenvalue weighted by atomic mass is 19.4. The number of carboxylic acid groups (broad SMARTS) is 1. The van der Waals surface area contributed by atoms with Crippen molar-refractivity contribution >= 4 is 34.8 Å². The molecule has 4 N–H and O–H groups in total. The van der Waals surface area contributed by atoms with Crippen molar-refractivity contribution in [2.24, 2.45) is 28.4 Å². The van der Waals surface area contributed by atoms with Gasteiger partial charge in [-0.15, -0.1) is 0 Å². The number of nitrogens with one attached hydrogen (secondary N) is 1. The monoisotopic (exact) mass is 1140 g/mol. The lowest BCUT2D eigenvalue weighted by Crippen LogP contribution is -2.57. The number of rotatable bonds is 13. The van der Waals surface area contributed by atoms with E-state index in [1.165, 1.54) is 41.2 Å². The molecule has 19 heteroatoms. The van der Waals surface area contributed by atoms with E-state index in [1.807, 2.05) is 80.6 Å². The van der Waals surface area contributed by atoms with E-state index in [-0.39, 0.29) is 58.9 Å². The number of nitrogens with two attached hydrogens (primary N) is 1. The molecule has 4 aliphatic carbocycles. The summed E-state index contributed by atoms with van der Waals surface area (Å²) in [6.45, 7) is 3.81. The molecule has 8 aromatic rings. The zero-order valence-corrected chi connectivity index (χ0v) is 45.6. The molecule has 4 heterocycles. The standard InChI is InChI=1S/C32H30F3N3O3.C16H11F3N2O2.C16H21NO2/c1-20(22-6-3-2-4-7-22)41-30(40)24-15-31(16-24)17-26(18-31)37-29(39)27-19-36-38-13-5-8-23(28(27)38)14-21-9-11-25(12-10-21)32(33,34)35;17-16(18,19)12-5-3-10(4-6-12)8-11-2-1-7-21-14(11)13(9-20-21)15(22)23;1-11(12-5-3-2-4-6-12)19-15(18)13-7-16(8-13)9-14(17)10-16/h2-13,19-20,24,26H,14-18H2,1H3,(H,37,39);1-7,9H,8H2,(H,22,23);2-6,11,13-14H,7-10,17H2,1H3/t20-,24?,26?,31?;;11-,13?,14?,16?/m0.0/s1. The third-order valence-corrected chi connectivity index (χ3v) is 16.7. The smallest absolute Gasteiger partial charge is 0.416 e. The molecule has 2 spiro atoms. The Labute approximate surface area is 474 Å². The number of aromatic carboxylic acids is 1. The summed E-state index contributed by atoms with van der Waals surface area (Å²) in [6, 6.07) is 36.9. The number of amides is 1. The minimum Gasteiger partial charge on any atom is -0.478 e. The number of ether oxygens (including phenoxy) is 2. The number of nitrogens with zero attached hydrogens (tertiary/aromatic N) is 4. The van der Waals surface area contributed by atoms with Crippen LogP contribution in [0, 0.1) is 22.7 Å². The summed E-state index contributed by atoms with van der Waals surface area (Å²) >= 11 is 0. The van der Waals surface area contributed by atoms with Gasteiger partial charge in [0.1, 0.15) is 17.8 Å². The summed E-state index contributed by atoms with van der Waals surface area (Å²) in [5, 5.41) is 20.6. The maximum Gasteiger partial charge on any atom is 0.416 e. The fourth-order valence-corrected chi connectivity index (χ4v) is 12.4. The second-order valence-corrected chi connectivity index (χ2v) is 22.8. The Morgan fingerprint density at radius 2 is 0.976 bits per heavy atom. The average Bonchev–Trinajstić information content (AvgIpc) is 2.25. The number of benzene rings is 4. The molecule has 1 amide bonds. The number of fused-ring (bicyclic) bond motifs is 2. The number of pyridine rings is 2. The van der Waals surface area contributed by atoms with Gasteiger partial charge >= 0.3 is 30.3 Å². The maximum absolute atomic E-state index is 13.3. The van der Waals surface area contributed by atoms with Crippen LogP contribution in [0.4, 0.5) is 26.3 Å². The van der Waals surface area contributed by atoms with E-state index in [4.69, 9.17) is 15.2 Å². The molecular weight excluding hydrogens is 1080 g/mol. The molecule has 0 saturated heterocycles. The van der Waals surface area contributed by atoms with Gasteiger partial charge in [-0.25, -0.2) is 13.8 Å². The number of carbonyl (C=O) groups is 4. The van der Waals surface area contributed by atoms with Crippen molar-refractivity contribution in [2.45, 2.75) is 115 Å². The number of alkyl halides is 6. The molecule has 2 atom stereocenters. The topological polar surface area (TPSA) is 180 Å². The third-order valence-electron chi connectivity index (χ3n) is 16.7. The summed E-state index contributed by atoms with van der Waals surface area (Å²) in [6.07, 6.45) is 4.91. The summed E-state index contributed by atoms with van der Waals surface area (Å²) in [5.74, 6) is -1.54. The minimum atomic E-state index is -4.39. The number of halogens is 6. The maximum atomic E-state index is 13.3. The van der Waals surface area contributed by atoms with Crippen LogP contribution in [0.3, 0.4) is 0 Å². The average molecular weight is 1140 g/mol. The van der Waals surface area contributed by atoms with Gasteiger partial charge in [0.25, 0.3) is 5.91 Å². The first-order valence-electron chi connectivity index (χ1n) is 27.6. The molecule has 4 saturated carbocycles. The van der Waals surface area contributed by atoms with Crippen molar-refractivity contribution in [3.63, 3.8) is 0 Å². The Balaban J connectivity index is 0.000000154. The third kappa shape index (κ3) is 13.1. The highest BCUT2D eigenvalue weighted by molar-refractivity contribution is 6.01. The molecule has 0 radical (unpaired) electrons. The van der Waals surface area contributed by atoms with Gasteiger partial charge in [-0.3, -0.25) is 14.4 Å². The van der Waals surface area contributed by atoms with E-state index in [0.29, 0.717) is 57.6 Å². The summed E-state index contributed by atoms with van der Waals surface area (Å²) in [4.78, 5) is 49.2. The number of hydrogen-bond donors (Lipinski definition) is 3. The molecule has 83 heavy (non-hydrogen) atoms. The molecule has 0 aliphatic heterocycles. The quantitative estimate of drug-likeness (QED) is 0.0743. The summed E-state index contributed by atoms with van der Waals surface area (Å²) in [7, 11) is 0. The first-order chi connectivity index (χ1) is 39.5. The van der Waals surface area contributed by atoms with Crippen molar-refractivity contribution in [1.82, 2.24) is 24.5 Å².